The van der Waals surface area contributed by atoms with Crippen molar-refractivity contribution in [2.45, 2.75) is 6.42 Å². The van der Waals surface area contributed by atoms with Crippen molar-refractivity contribution >= 4 is 18.1 Å². The highest BCUT2D eigenvalue weighted by Gasteiger charge is 1.98. The highest BCUT2D eigenvalue weighted by Crippen LogP contribution is 2.00. The third-order valence-electron chi connectivity index (χ3n) is 1.63. The zero-order valence-electron chi connectivity index (χ0n) is 7.18. The van der Waals surface area contributed by atoms with Crippen LogP contribution in [0.15, 0.2) is 35.5 Å². The van der Waals surface area contributed by atoms with Crippen LogP contribution in [0, 0.1) is 0 Å². The number of benzene rings is 1. The van der Waals surface area contributed by atoms with Crippen LogP contribution < -0.4 is 5.73 Å². The molecule has 3 N–H and O–H groups in total. The average molecular weight is 201 g/mol. The zero-order chi connectivity index (χ0) is 8.81. The highest BCUT2D eigenvalue weighted by atomic mass is 35.5. The normalized spacial score (nSPS) is 10.7. The minimum atomic E-state index is 0. The van der Waals surface area contributed by atoms with Gasteiger partial charge in [0.05, 0.1) is 5.71 Å². The molecule has 0 aliphatic heterocycles. The average Bonchev–Trinajstić information content (AvgIpc) is 2.16. The monoisotopic (exact) mass is 200 g/mol. The van der Waals surface area contributed by atoms with E-state index in [1.807, 2.05) is 30.3 Å². The van der Waals surface area contributed by atoms with E-state index in [1.54, 1.807) is 0 Å². The van der Waals surface area contributed by atoms with E-state index in [0.717, 1.165) is 5.56 Å². The predicted molar refractivity (Wildman–Crippen MR) is 55.7 cm³/mol. The highest BCUT2D eigenvalue weighted by molar-refractivity contribution is 5.87. The van der Waals surface area contributed by atoms with Gasteiger partial charge in [-0.2, -0.15) is 0 Å². The second-order valence-electron chi connectivity index (χ2n) is 2.53. The fourth-order valence-corrected chi connectivity index (χ4v) is 0.980. The van der Waals surface area contributed by atoms with Crippen LogP contribution in [0.2, 0.25) is 0 Å². The van der Waals surface area contributed by atoms with E-state index in [9.17, 15) is 0 Å². The Balaban J connectivity index is 0.00000144. The molecule has 0 atom stereocenters. The van der Waals surface area contributed by atoms with Crippen LogP contribution in [0.4, 0.5) is 0 Å². The summed E-state index contributed by atoms with van der Waals surface area (Å²) in [5.41, 5.74) is 7.05. The van der Waals surface area contributed by atoms with Crippen LogP contribution in [0.25, 0.3) is 0 Å². The molecule has 0 bridgehead atoms. The van der Waals surface area contributed by atoms with Gasteiger partial charge in [0, 0.05) is 13.0 Å². The Labute approximate surface area is 83.7 Å². The number of hydrogen-bond acceptors (Lipinski definition) is 3. The summed E-state index contributed by atoms with van der Waals surface area (Å²) < 4.78 is 0. The molecule has 0 amide bonds. The molecule has 0 radical (unpaired) electrons. The van der Waals surface area contributed by atoms with Crippen LogP contribution in [-0.4, -0.2) is 17.5 Å². The Morgan fingerprint density at radius 1 is 1.31 bits per heavy atom. The zero-order valence-corrected chi connectivity index (χ0v) is 8.00. The molecule has 0 spiro atoms. The van der Waals surface area contributed by atoms with Gasteiger partial charge in [0.15, 0.2) is 0 Å². The molecule has 0 aromatic heterocycles. The van der Waals surface area contributed by atoms with E-state index < -0.39 is 0 Å². The van der Waals surface area contributed by atoms with Crippen LogP contribution in [0.3, 0.4) is 0 Å². The molecule has 72 valence electrons. The fraction of sp³-hybridized carbons (Fsp3) is 0.222. The minimum absolute atomic E-state index is 0. The number of halogens is 1. The Morgan fingerprint density at radius 3 is 2.38 bits per heavy atom. The third kappa shape index (κ3) is 3.92. The molecule has 1 aromatic rings. The molecule has 0 unspecified atom stereocenters. The number of rotatable bonds is 3. The molecule has 3 nitrogen and oxygen atoms in total. The molecule has 4 heteroatoms. The molecule has 0 fully saturated rings. The van der Waals surface area contributed by atoms with Crippen molar-refractivity contribution in [3.05, 3.63) is 35.9 Å². The Kier molecular flexibility index (Phi) is 5.93. The lowest BCUT2D eigenvalue weighted by molar-refractivity contribution is 0.317. The molecule has 1 rings (SSSR count). The van der Waals surface area contributed by atoms with E-state index >= 15 is 0 Å². The van der Waals surface area contributed by atoms with Crippen molar-refractivity contribution in [3.63, 3.8) is 0 Å². The number of hydrogen-bond donors (Lipinski definition) is 2. The van der Waals surface area contributed by atoms with E-state index in [0.29, 0.717) is 18.7 Å². The van der Waals surface area contributed by atoms with E-state index in [2.05, 4.69) is 5.16 Å². The molecule has 0 saturated carbocycles. The summed E-state index contributed by atoms with van der Waals surface area (Å²) in [6, 6.07) is 9.78. The Morgan fingerprint density at radius 2 is 1.92 bits per heavy atom. The lowest BCUT2D eigenvalue weighted by atomic mass is 10.1. The smallest absolute Gasteiger partial charge is 0.0749 e. The Bertz CT molecular complexity index is 262. The molecule has 1 aromatic carbocycles. The quantitative estimate of drug-likeness (QED) is 0.441. The summed E-state index contributed by atoms with van der Waals surface area (Å²) in [4.78, 5) is 0. The summed E-state index contributed by atoms with van der Waals surface area (Å²) in [5.74, 6) is 0. The van der Waals surface area contributed by atoms with Gasteiger partial charge < -0.3 is 10.9 Å². The largest absolute Gasteiger partial charge is 0.411 e. The predicted octanol–water partition coefficient (Wildman–Crippen LogP) is 1.44. The van der Waals surface area contributed by atoms with Crippen molar-refractivity contribution in [2.75, 3.05) is 6.54 Å². The fourth-order valence-electron chi connectivity index (χ4n) is 0.980. The molecular formula is C9H13ClN2O. The van der Waals surface area contributed by atoms with Crippen molar-refractivity contribution in [1.29, 1.82) is 0 Å². The van der Waals surface area contributed by atoms with Crippen molar-refractivity contribution in [1.82, 2.24) is 0 Å². The minimum Gasteiger partial charge on any atom is -0.411 e. The van der Waals surface area contributed by atoms with Gasteiger partial charge in [0.1, 0.15) is 0 Å². The van der Waals surface area contributed by atoms with E-state index in [1.165, 1.54) is 0 Å². The van der Waals surface area contributed by atoms with Gasteiger partial charge in [-0.05, 0) is 5.56 Å². The summed E-state index contributed by atoms with van der Waals surface area (Å²) in [6.07, 6.45) is 0.619. The molecule has 0 saturated heterocycles. The number of nitrogens with two attached hydrogens (primary N) is 1. The van der Waals surface area contributed by atoms with E-state index in [4.69, 9.17) is 10.9 Å². The maximum atomic E-state index is 8.50. The standard InChI is InChI=1S/C9H12N2O.ClH/c10-7-9(11-12)6-8-4-2-1-3-5-8;/h1-5,12H,6-7,10H2;1H. The Hall–Kier alpha value is -1.06. The summed E-state index contributed by atoms with van der Waals surface area (Å²) >= 11 is 0. The van der Waals surface area contributed by atoms with E-state index in [-0.39, 0.29) is 12.4 Å². The van der Waals surface area contributed by atoms with Crippen molar-refractivity contribution < 1.29 is 5.21 Å². The van der Waals surface area contributed by atoms with Crippen LogP contribution in [0.5, 0.6) is 0 Å². The molecular weight excluding hydrogens is 188 g/mol. The van der Waals surface area contributed by atoms with Gasteiger partial charge in [-0.15, -0.1) is 12.4 Å². The SMILES string of the molecule is Cl.NCC(Cc1ccccc1)=NO. The first-order chi connectivity index (χ1) is 5.86. The second-order valence-corrected chi connectivity index (χ2v) is 2.53. The molecule has 0 aliphatic rings. The maximum absolute atomic E-state index is 8.50. The molecule has 13 heavy (non-hydrogen) atoms. The lowest BCUT2D eigenvalue weighted by Crippen LogP contribution is -2.16. The van der Waals surface area contributed by atoms with Crippen LogP contribution >= 0.6 is 12.4 Å². The second kappa shape index (κ2) is 6.46. The van der Waals surface area contributed by atoms with Crippen LogP contribution in [0.1, 0.15) is 5.56 Å². The first-order valence-electron chi connectivity index (χ1n) is 3.80. The van der Waals surface area contributed by atoms with Gasteiger partial charge in [0.25, 0.3) is 0 Å². The van der Waals surface area contributed by atoms with Gasteiger partial charge in [0.2, 0.25) is 0 Å². The maximum Gasteiger partial charge on any atom is 0.0749 e. The number of oxime groups is 1. The first kappa shape index (κ1) is 11.9. The lowest BCUT2D eigenvalue weighted by Gasteiger charge is -2.00. The van der Waals surface area contributed by atoms with Crippen molar-refractivity contribution in [2.24, 2.45) is 10.9 Å². The molecule has 0 heterocycles. The summed E-state index contributed by atoms with van der Waals surface area (Å²) in [7, 11) is 0. The van der Waals surface area contributed by atoms with Gasteiger partial charge in [-0.25, -0.2) is 0 Å². The third-order valence-corrected chi connectivity index (χ3v) is 1.63. The van der Waals surface area contributed by atoms with Gasteiger partial charge in [-0.3, -0.25) is 0 Å². The van der Waals surface area contributed by atoms with Crippen molar-refractivity contribution in [3.8, 4) is 0 Å². The van der Waals surface area contributed by atoms with Crippen LogP contribution in [-0.2, 0) is 6.42 Å². The molecule has 0 aliphatic carbocycles. The van der Waals surface area contributed by atoms with Gasteiger partial charge >= 0.3 is 0 Å². The summed E-state index contributed by atoms with van der Waals surface area (Å²) in [6.45, 7) is 0.297. The first-order valence-corrected chi connectivity index (χ1v) is 3.80. The number of nitrogens with zero attached hydrogens (tertiary/aromatic N) is 1. The summed E-state index contributed by atoms with van der Waals surface area (Å²) in [5, 5.41) is 11.6. The van der Waals surface area contributed by atoms with Gasteiger partial charge in [-0.1, -0.05) is 35.5 Å². The topological polar surface area (TPSA) is 58.6 Å².